The molecule has 0 fully saturated rings. The van der Waals surface area contributed by atoms with Crippen LogP contribution in [0.15, 0.2) is 54.6 Å². The summed E-state index contributed by atoms with van der Waals surface area (Å²) in [4.78, 5) is 4.00. The van der Waals surface area contributed by atoms with Crippen LogP contribution in [0.5, 0.6) is 0 Å². The molecule has 1 heterocycles. The van der Waals surface area contributed by atoms with Crippen molar-refractivity contribution in [3.05, 3.63) is 65.9 Å². The zero-order chi connectivity index (χ0) is 15.1. The lowest BCUT2D eigenvalue weighted by molar-refractivity contribution is 0.0974. The number of nitrogens with zero attached hydrogens (tertiary/aromatic N) is 1. The van der Waals surface area contributed by atoms with Crippen molar-refractivity contribution in [2.75, 3.05) is 0 Å². The van der Waals surface area contributed by atoms with Gasteiger partial charge in [-0.1, -0.05) is 36.3 Å². The van der Waals surface area contributed by atoms with Gasteiger partial charge in [0.1, 0.15) is 5.60 Å². The second kappa shape index (κ2) is 3.83. The maximum absolute atomic E-state index is 10.6. The molecule has 15 heavy (non-hydrogen) atoms. The molecule has 1 N–H and O–H groups in total. The van der Waals surface area contributed by atoms with Gasteiger partial charge >= 0.3 is 0 Å². The van der Waals surface area contributed by atoms with Gasteiger partial charge in [0, 0.05) is 6.20 Å². The van der Waals surface area contributed by atoms with Gasteiger partial charge in [-0.25, -0.2) is 0 Å². The highest BCUT2D eigenvalue weighted by molar-refractivity contribution is 5.30. The number of aromatic nitrogens is 1. The monoisotopic (exact) mass is 204 g/mol. The van der Waals surface area contributed by atoms with E-state index in [1.165, 1.54) is 13.1 Å². The lowest BCUT2D eigenvalue weighted by atomic mass is 9.92. The molecule has 76 valence electrons. The van der Waals surface area contributed by atoms with Crippen LogP contribution in [0.2, 0.25) is 0 Å². The minimum absolute atomic E-state index is 0.179. The molecule has 0 saturated carbocycles. The van der Waals surface area contributed by atoms with Crippen LogP contribution in [0.4, 0.5) is 0 Å². The minimum Gasteiger partial charge on any atom is -0.379 e. The fourth-order valence-corrected chi connectivity index (χ4v) is 1.27. The first-order valence-electron chi connectivity index (χ1n) is 6.99. The molecule has 0 aliphatic heterocycles. The number of benzene rings is 1. The summed E-state index contributed by atoms with van der Waals surface area (Å²) < 4.78 is 38.6. The lowest BCUT2D eigenvalue weighted by Crippen LogP contribution is -2.23. The van der Waals surface area contributed by atoms with E-state index >= 15 is 0 Å². The second-order valence-corrected chi connectivity index (χ2v) is 3.29. The summed E-state index contributed by atoms with van der Waals surface area (Å²) in [5.41, 5.74) is -1.73. The Balaban J connectivity index is 2.76. The van der Waals surface area contributed by atoms with Crippen molar-refractivity contribution in [3.63, 3.8) is 0 Å². The van der Waals surface area contributed by atoms with Crippen molar-refractivity contribution in [3.8, 4) is 0 Å². The standard InChI is InChI=1S/C13H13NO/c1-13(15,11-7-3-2-4-8-11)12-9-5-6-10-14-12/h2-10,15H,1H3/i2D,3D,4D,7D,8D. The third-order valence-electron chi connectivity index (χ3n) is 2.15. The fourth-order valence-electron chi connectivity index (χ4n) is 1.27. The van der Waals surface area contributed by atoms with Gasteiger partial charge in [0.15, 0.2) is 0 Å². The molecular weight excluding hydrogens is 186 g/mol. The van der Waals surface area contributed by atoms with E-state index in [1.54, 1.807) is 18.2 Å². The summed E-state index contributed by atoms with van der Waals surface area (Å²) in [5, 5.41) is 10.6. The smallest absolute Gasteiger partial charge is 0.129 e. The van der Waals surface area contributed by atoms with Crippen molar-refractivity contribution in [1.29, 1.82) is 0 Å². The zero-order valence-electron chi connectivity index (χ0n) is 13.2. The first-order valence-corrected chi connectivity index (χ1v) is 4.49. The van der Waals surface area contributed by atoms with Crippen molar-refractivity contribution in [1.82, 2.24) is 4.98 Å². The number of hydrogen-bond acceptors (Lipinski definition) is 2. The highest BCUT2D eigenvalue weighted by Gasteiger charge is 2.26. The largest absolute Gasteiger partial charge is 0.379 e. The number of aliphatic hydroxyl groups is 1. The van der Waals surface area contributed by atoms with E-state index in [4.69, 9.17) is 6.85 Å². The molecule has 1 atom stereocenters. The Morgan fingerprint density at radius 1 is 1.27 bits per heavy atom. The van der Waals surface area contributed by atoms with E-state index in [0.29, 0.717) is 0 Å². The first-order chi connectivity index (χ1) is 9.28. The summed E-state index contributed by atoms with van der Waals surface area (Å²) in [7, 11) is 0. The quantitative estimate of drug-likeness (QED) is 0.814. The van der Waals surface area contributed by atoms with Crippen LogP contribution >= 0.6 is 0 Å². The van der Waals surface area contributed by atoms with Crippen molar-refractivity contribution < 1.29 is 12.0 Å². The average molecular weight is 204 g/mol. The maximum Gasteiger partial charge on any atom is 0.129 e. The van der Waals surface area contributed by atoms with Crippen LogP contribution in [0, 0.1) is 0 Å². The summed E-state index contributed by atoms with van der Waals surface area (Å²) in [6, 6.07) is 2.59. The van der Waals surface area contributed by atoms with E-state index in [0.717, 1.165) is 0 Å². The van der Waals surface area contributed by atoms with Crippen LogP contribution in [-0.2, 0) is 5.60 Å². The highest BCUT2D eigenvalue weighted by Crippen LogP contribution is 2.26. The molecule has 2 aromatic rings. The molecule has 1 aromatic carbocycles. The van der Waals surface area contributed by atoms with Gasteiger partial charge in [-0.2, -0.15) is 0 Å². The van der Waals surface area contributed by atoms with Crippen LogP contribution in [0.3, 0.4) is 0 Å². The van der Waals surface area contributed by atoms with Crippen molar-refractivity contribution in [2.24, 2.45) is 0 Å². The van der Waals surface area contributed by atoms with Crippen LogP contribution < -0.4 is 0 Å². The van der Waals surface area contributed by atoms with Crippen molar-refractivity contribution >= 4 is 0 Å². The molecule has 1 aromatic heterocycles. The lowest BCUT2D eigenvalue weighted by Gasteiger charge is -2.22. The van der Waals surface area contributed by atoms with E-state index in [-0.39, 0.29) is 11.3 Å². The topological polar surface area (TPSA) is 33.1 Å². The molecule has 2 heteroatoms. The summed E-state index contributed by atoms with van der Waals surface area (Å²) in [6.07, 6.45) is 1.47. The SMILES string of the molecule is [2H]c1c([2H])c([2H])c(C(C)(O)c2ccccn2)c([2H])c1[2H]. The molecule has 0 bridgehead atoms. The summed E-state index contributed by atoms with van der Waals surface area (Å²) in [5.74, 6) is 0. The van der Waals surface area contributed by atoms with Crippen molar-refractivity contribution in [2.45, 2.75) is 12.5 Å². The fraction of sp³-hybridized carbons (Fsp3) is 0.154. The van der Waals surface area contributed by atoms with Crippen LogP contribution in [-0.4, -0.2) is 10.1 Å². The number of hydrogen-bond donors (Lipinski definition) is 1. The molecule has 2 rings (SSSR count). The van der Waals surface area contributed by atoms with Gasteiger partial charge in [-0.05, 0) is 24.6 Å². The van der Waals surface area contributed by atoms with E-state index in [9.17, 15) is 5.11 Å². The summed E-state index contributed by atoms with van der Waals surface area (Å²) in [6.45, 7) is 1.36. The first kappa shape index (κ1) is 5.42. The maximum atomic E-state index is 10.6. The van der Waals surface area contributed by atoms with Gasteiger partial charge in [0.25, 0.3) is 0 Å². The van der Waals surface area contributed by atoms with Gasteiger partial charge in [-0.15, -0.1) is 0 Å². The highest BCUT2D eigenvalue weighted by atomic mass is 16.3. The van der Waals surface area contributed by atoms with Gasteiger partial charge in [0.05, 0.1) is 12.5 Å². The Morgan fingerprint density at radius 2 is 2.00 bits per heavy atom. The third-order valence-corrected chi connectivity index (χ3v) is 2.15. The second-order valence-electron chi connectivity index (χ2n) is 3.29. The normalized spacial score (nSPS) is 19.2. The summed E-state index contributed by atoms with van der Waals surface area (Å²) >= 11 is 0. The van der Waals surface area contributed by atoms with Gasteiger partial charge in [0.2, 0.25) is 0 Å². The van der Waals surface area contributed by atoms with Gasteiger partial charge < -0.3 is 5.11 Å². The van der Waals surface area contributed by atoms with E-state index in [2.05, 4.69) is 4.98 Å². The Bertz CT molecular complexity index is 629. The molecule has 2 nitrogen and oxygen atoms in total. The molecule has 0 aliphatic carbocycles. The minimum atomic E-state index is -1.77. The van der Waals surface area contributed by atoms with Crippen LogP contribution in [0.25, 0.3) is 0 Å². The van der Waals surface area contributed by atoms with E-state index < -0.39 is 35.8 Å². The molecule has 0 spiro atoms. The predicted molar refractivity (Wildman–Crippen MR) is 59.4 cm³/mol. The van der Waals surface area contributed by atoms with E-state index in [1.807, 2.05) is 0 Å². The Hall–Kier alpha value is -1.67. The molecule has 0 saturated heterocycles. The van der Waals surface area contributed by atoms with Crippen LogP contribution in [0.1, 0.15) is 25.0 Å². The molecule has 0 aliphatic rings. The Kier molecular flexibility index (Phi) is 1.38. The number of pyridine rings is 1. The molecule has 1 unspecified atom stereocenters. The Morgan fingerprint density at radius 3 is 2.60 bits per heavy atom. The molecule has 0 radical (unpaired) electrons. The average Bonchev–Trinajstić information content (AvgIpc) is 2.44. The zero-order valence-corrected chi connectivity index (χ0v) is 8.20. The molecular formula is C13H13NO. The molecule has 0 amide bonds. The third kappa shape index (κ3) is 1.90. The van der Waals surface area contributed by atoms with Gasteiger partial charge in [-0.3, -0.25) is 4.98 Å². The number of rotatable bonds is 2. The Labute approximate surface area is 96.3 Å². The predicted octanol–water partition coefficient (Wildman–Crippen LogP) is 2.34.